The minimum atomic E-state index is -1.86. The van der Waals surface area contributed by atoms with E-state index in [1.807, 2.05) is 42.5 Å². The number of nitrogens with two attached hydrogens (primary N) is 5. The lowest BCUT2D eigenvalue weighted by atomic mass is 9.99. The largest absolute Gasteiger partial charge is 0.508 e. The number of fused-ring (bicyclic) bond motifs is 2. The third-order valence-electron chi connectivity index (χ3n) is 18.6. The van der Waals surface area contributed by atoms with Gasteiger partial charge in [-0.3, -0.25) is 62.7 Å². The summed E-state index contributed by atoms with van der Waals surface area (Å²) in [5.41, 5.74) is 31.5. The lowest BCUT2D eigenvalue weighted by Crippen LogP contribution is -2.62. The van der Waals surface area contributed by atoms with Gasteiger partial charge in [-0.1, -0.05) is 127 Å². The molecular formula is C77H95ClN18O13. The number of aliphatic hydroxyl groups excluding tert-OH is 1. The van der Waals surface area contributed by atoms with Crippen LogP contribution in [0.2, 0.25) is 5.02 Å². The molecule has 1 aromatic heterocycles. The fourth-order valence-corrected chi connectivity index (χ4v) is 12.9. The Hall–Kier alpha value is -12.1. The maximum absolute atomic E-state index is 15.4. The third kappa shape index (κ3) is 24.5. The molecule has 10 atom stereocenters. The first-order valence-corrected chi connectivity index (χ1v) is 36.1. The number of aliphatic hydroxyl groups is 1. The van der Waals surface area contributed by atoms with Gasteiger partial charge in [-0.05, 0) is 114 Å². The number of amides is 11. The Morgan fingerprint density at radius 1 is 0.550 bits per heavy atom. The first kappa shape index (κ1) is 82.5. The zero-order valence-electron chi connectivity index (χ0n) is 60.8. The highest BCUT2D eigenvalue weighted by atomic mass is 35.5. The number of nitrogens with zero attached hydrogens (tertiary/aromatic N) is 4. The van der Waals surface area contributed by atoms with Crippen molar-refractivity contribution < 1.29 is 63.0 Å². The van der Waals surface area contributed by atoms with Crippen LogP contribution in [0.15, 0.2) is 162 Å². The Morgan fingerprint density at radius 3 is 1.62 bits per heavy atom. The molecule has 7 aromatic rings. The Morgan fingerprint density at radius 2 is 1.04 bits per heavy atom. The van der Waals surface area contributed by atoms with E-state index in [0.29, 0.717) is 50.2 Å². The van der Waals surface area contributed by atoms with E-state index in [2.05, 4.69) is 57.5 Å². The lowest BCUT2D eigenvalue weighted by Gasteiger charge is -2.34. The smallest absolute Gasteiger partial charge is 0.245 e. The summed E-state index contributed by atoms with van der Waals surface area (Å²) >= 11 is 6.28. The molecule has 0 spiro atoms. The van der Waals surface area contributed by atoms with Crippen molar-refractivity contribution >= 4 is 110 Å². The second-order valence-corrected chi connectivity index (χ2v) is 27.3. The maximum atomic E-state index is 15.4. The van der Waals surface area contributed by atoms with E-state index in [1.165, 1.54) is 50.1 Å². The Bertz CT molecular complexity index is 4420. The normalized spacial score (nSPS) is 15.0. The number of phenolic OH excluding ortho intramolecular Hbond substituents is 1. The molecule has 6 aromatic carbocycles. The highest BCUT2D eigenvalue weighted by molar-refractivity contribution is 6.30. The molecule has 8 rings (SSSR count). The number of para-hydroxylation sites is 1. The van der Waals surface area contributed by atoms with Crippen molar-refractivity contribution in [3.05, 3.63) is 185 Å². The van der Waals surface area contributed by atoms with Gasteiger partial charge in [0.05, 0.1) is 6.61 Å². The van der Waals surface area contributed by atoms with E-state index >= 15 is 24.0 Å². The van der Waals surface area contributed by atoms with Crippen molar-refractivity contribution in [2.75, 3.05) is 33.3 Å². The number of phenols is 1. The summed E-state index contributed by atoms with van der Waals surface area (Å²) < 4.78 is 0. The quantitative estimate of drug-likeness (QED) is 0.0142. The van der Waals surface area contributed by atoms with Gasteiger partial charge in [0.1, 0.15) is 66.2 Å². The molecule has 0 saturated carbocycles. The van der Waals surface area contributed by atoms with Crippen molar-refractivity contribution in [1.82, 2.24) is 57.3 Å². The first-order valence-electron chi connectivity index (χ1n) is 35.7. The highest BCUT2D eigenvalue weighted by Crippen LogP contribution is 2.24. The summed E-state index contributed by atoms with van der Waals surface area (Å²) in [6.45, 7) is 1.69. The van der Waals surface area contributed by atoms with Crippen LogP contribution in [0, 0.1) is 0 Å². The summed E-state index contributed by atoms with van der Waals surface area (Å²) in [6.07, 6.45) is 1.41. The number of nitrogens with one attached hydrogen (secondary N) is 9. The van der Waals surface area contributed by atoms with E-state index < -0.39 is 132 Å². The predicted octanol–water partition coefficient (Wildman–Crippen LogP) is 0.514. The topological polar surface area (TPSA) is 502 Å². The van der Waals surface area contributed by atoms with E-state index in [-0.39, 0.29) is 102 Å². The van der Waals surface area contributed by atoms with Crippen LogP contribution >= 0.6 is 11.6 Å². The SMILES string of the molecule is CC(=O)N[C@@H](Cc1ccc2ccccc2c1)C(=O)N[C@@H](Cc1ccc(Cl)cc1)C(=O)N[C@H](Cc1c[nH]c2ccccc12)C(=O)N[C@@H](CO)C(=O)N[C@@H](Cc1ccc(O)cc1)C(=O)N[C@@H](CCCN=C(N)N)C(=O)N(C)[C@@H](Cc1ccccc1)C(=O)N[C@@H](CCCN=C(N)N)C(=O)N1CCC[C@H]1C(=O)N[C@@H](C)C(N)=O. The van der Waals surface area contributed by atoms with Gasteiger partial charge in [0.15, 0.2) is 11.9 Å². The molecule has 31 nitrogen and oxygen atoms in total. The molecule has 578 valence electrons. The number of hydrogen-bond donors (Lipinski definition) is 16. The second kappa shape index (κ2) is 40.0. The van der Waals surface area contributed by atoms with Gasteiger partial charge in [-0.2, -0.15) is 0 Å². The summed E-state index contributed by atoms with van der Waals surface area (Å²) in [4.78, 5) is 172. The summed E-state index contributed by atoms with van der Waals surface area (Å²) in [5.74, 6) is -9.61. The number of likely N-dealkylation sites (tertiary alicyclic amines) is 1. The molecule has 1 aliphatic heterocycles. The Kier molecular flexibility index (Phi) is 30.3. The minimum absolute atomic E-state index is 0.0262. The molecule has 11 amide bonds. The van der Waals surface area contributed by atoms with Crippen LogP contribution < -0.4 is 71.2 Å². The number of benzene rings is 6. The van der Waals surface area contributed by atoms with Crippen molar-refractivity contribution in [3.8, 4) is 5.75 Å². The van der Waals surface area contributed by atoms with Crippen molar-refractivity contribution in [2.45, 2.75) is 145 Å². The predicted molar refractivity (Wildman–Crippen MR) is 411 cm³/mol. The summed E-state index contributed by atoms with van der Waals surface area (Å²) in [5, 5.41) is 45.9. The van der Waals surface area contributed by atoms with Gasteiger partial charge in [0.25, 0.3) is 0 Å². The number of aliphatic imine (C=N–C) groups is 2. The number of hydrogen-bond acceptors (Lipinski definition) is 15. The van der Waals surface area contributed by atoms with Crippen LogP contribution in [0.3, 0.4) is 0 Å². The zero-order valence-corrected chi connectivity index (χ0v) is 61.5. The van der Waals surface area contributed by atoms with Gasteiger partial charge in [0.2, 0.25) is 65.0 Å². The van der Waals surface area contributed by atoms with Gasteiger partial charge in [0, 0.05) is 87.8 Å². The molecule has 109 heavy (non-hydrogen) atoms. The average Bonchev–Trinajstić information content (AvgIpc) is 1.78. The van der Waals surface area contributed by atoms with Crippen molar-refractivity contribution in [2.24, 2.45) is 38.7 Å². The number of carbonyl (C=O) groups excluding carboxylic acids is 11. The number of aromatic hydroxyl groups is 1. The van der Waals surface area contributed by atoms with Gasteiger partial charge in [-0.25, -0.2) is 0 Å². The standard InChI is InChI=1S/C77H95ClN18O13/c1-44(66(79)100)87-72(106)64-22-13-35-96(64)75(109)58(21-12-34-85-77(82)83)90-73(107)65(40-46-14-5-4-6-15-46)95(3)74(108)57(20-11-33-84-76(80)81)89-68(102)60(38-48-26-31-54(99)32-27-48)92-71(105)63(43-97)94-70(104)62(41-52-42-86-56-19-10-9-18-55(52)56)93-69(103)61(37-47-24-29-53(78)30-25-47)91-67(101)59(88-45(2)98)39-49-23-28-50-16-7-8-17-51(50)36-49/h4-10,14-19,23-32,36,42,44,57-65,86,97,99H,11-13,20-22,33-35,37-41,43H2,1-3H3,(H2,79,100)(H,87,106)(H,88,98)(H,89,102)(H,90,107)(H,91,101)(H,92,105)(H,93,103)(H,94,104)(H4,80,81,84)(H4,82,83,85)/t44-,57-,58-,59-,60-,61-,62+,63-,64-,65-/m0/s1. The first-order chi connectivity index (χ1) is 52.1. The molecule has 0 bridgehead atoms. The number of likely N-dealkylation sites (N-methyl/N-ethyl adjacent to an activating group) is 1. The molecule has 21 N–H and O–H groups in total. The van der Waals surface area contributed by atoms with Crippen molar-refractivity contribution in [3.63, 3.8) is 0 Å². The van der Waals surface area contributed by atoms with Crippen LogP contribution in [-0.4, -0.2) is 196 Å². The molecule has 1 aliphatic rings. The highest BCUT2D eigenvalue weighted by Gasteiger charge is 2.41. The second-order valence-electron chi connectivity index (χ2n) is 26.8. The Balaban J connectivity index is 1.07. The number of rotatable bonds is 38. The van der Waals surface area contributed by atoms with Gasteiger partial charge in [-0.15, -0.1) is 0 Å². The maximum Gasteiger partial charge on any atom is 0.245 e. The van der Waals surface area contributed by atoms with Gasteiger partial charge < -0.3 is 96.2 Å². The van der Waals surface area contributed by atoms with Gasteiger partial charge >= 0.3 is 0 Å². The molecular weight excluding hydrogens is 1420 g/mol. The van der Waals surface area contributed by atoms with Crippen LogP contribution in [0.1, 0.15) is 80.2 Å². The number of halogens is 1. The summed E-state index contributed by atoms with van der Waals surface area (Å²) in [6, 6.07) is 27.0. The molecule has 1 saturated heterocycles. The monoisotopic (exact) mass is 1510 g/mol. The average molecular weight is 1520 g/mol. The van der Waals surface area contributed by atoms with E-state index in [0.717, 1.165) is 15.7 Å². The van der Waals surface area contributed by atoms with Crippen molar-refractivity contribution in [1.29, 1.82) is 0 Å². The van der Waals surface area contributed by atoms with Crippen LogP contribution in [0.25, 0.3) is 21.7 Å². The Labute approximate surface area is 634 Å². The van der Waals surface area contributed by atoms with E-state index in [1.54, 1.807) is 85.1 Å². The molecule has 0 radical (unpaired) electrons. The number of H-pyrrole nitrogens is 1. The molecule has 0 unspecified atom stereocenters. The number of aromatic nitrogens is 1. The van der Waals surface area contributed by atoms with Crippen LogP contribution in [0.5, 0.6) is 5.75 Å². The number of aromatic amines is 1. The zero-order chi connectivity index (χ0) is 78.8. The molecule has 1 fully saturated rings. The minimum Gasteiger partial charge on any atom is -0.508 e. The van der Waals surface area contributed by atoms with Crippen LogP contribution in [-0.2, 0) is 84.8 Å². The number of primary amides is 1. The number of guanidine groups is 2. The number of carbonyl (C=O) groups is 11. The third-order valence-corrected chi connectivity index (χ3v) is 18.9. The fraction of sp³-hybridized carbons (Fsp3) is 0.364. The van der Waals surface area contributed by atoms with Crippen LogP contribution in [0.4, 0.5) is 0 Å². The summed E-state index contributed by atoms with van der Waals surface area (Å²) in [7, 11) is 1.33. The molecule has 2 heterocycles. The fourth-order valence-electron chi connectivity index (χ4n) is 12.8. The van der Waals surface area contributed by atoms with E-state index in [4.69, 9.17) is 40.3 Å². The molecule has 0 aliphatic carbocycles. The van der Waals surface area contributed by atoms with E-state index in [9.17, 15) is 39.0 Å². The molecule has 32 heteroatoms. The lowest BCUT2D eigenvalue weighted by molar-refractivity contribution is -0.145.